The first kappa shape index (κ1) is 12.6. The van der Waals surface area contributed by atoms with Crippen molar-refractivity contribution in [1.82, 2.24) is 0 Å². The predicted octanol–water partition coefficient (Wildman–Crippen LogP) is 4.30. The summed E-state index contributed by atoms with van der Waals surface area (Å²) >= 11 is 11.6. The normalized spacial score (nSPS) is 12.4. The van der Waals surface area contributed by atoms with E-state index in [1.165, 1.54) is 0 Å². The van der Waals surface area contributed by atoms with Crippen LogP contribution in [0.1, 0.15) is 5.56 Å². The van der Waals surface area contributed by atoms with Crippen LogP contribution in [0.4, 0.5) is 0 Å². The molecule has 1 atom stereocenters. The molecule has 0 saturated heterocycles. The summed E-state index contributed by atoms with van der Waals surface area (Å²) in [5, 5.41) is 1.34. The quantitative estimate of drug-likeness (QED) is 0.821. The van der Waals surface area contributed by atoms with Gasteiger partial charge in [0.2, 0.25) is 0 Å². The molecule has 2 rings (SSSR count). The average Bonchev–Trinajstić information content (AvgIpc) is 2.33. The molecule has 0 aliphatic heterocycles. The summed E-state index contributed by atoms with van der Waals surface area (Å²) in [6.07, 6.45) is 0. The minimum Gasteiger partial charge on any atom is -0.254 e. The maximum absolute atomic E-state index is 12.0. The zero-order valence-corrected chi connectivity index (χ0v) is 11.2. The summed E-state index contributed by atoms with van der Waals surface area (Å²) in [5.74, 6) is 0.485. The fourth-order valence-corrected chi connectivity index (χ4v) is 2.76. The number of halogens is 2. The topological polar surface area (TPSA) is 17.1 Å². The van der Waals surface area contributed by atoms with E-state index in [0.29, 0.717) is 15.8 Å². The SMILES string of the molecule is O=S(Cc1ccc(Cl)cc1)c1ccc(Cl)cc1. The molecule has 0 bridgehead atoms. The highest BCUT2D eigenvalue weighted by Gasteiger charge is 2.05. The van der Waals surface area contributed by atoms with Crippen LogP contribution in [0.3, 0.4) is 0 Å². The average molecular weight is 285 g/mol. The lowest BCUT2D eigenvalue weighted by Gasteiger charge is -2.03. The van der Waals surface area contributed by atoms with Gasteiger partial charge in [-0.1, -0.05) is 35.3 Å². The van der Waals surface area contributed by atoms with Crippen molar-refractivity contribution in [1.29, 1.82) is 0 Å². The van der Waals surface area contributed by atoms with Crippen LogP contribution in [0, 0.1) is 0 Å². The van der Waals surface area contributed by atoms with Crippen LogP contribution in [0.2, 0.25) is 10.0 Å². The van der Waals surface area contributed by atoms with Gasteiger partial charge in [0.25, 0.3) is 0 Å². The summed E-state index contributed by atoms with van der Waals surface area (Å²) in [6, 6.07) is 14.4. The van der Waals surface area contributed by atoms with Crippen molar-refractivity contribution in [2.24, 2.45) is 0 Å². The van der Waals surface area contributed by atoms with Crippen LogP contribution >= 0.6 is 23.2 Å². The third-order valence-corrected chi connectivity index (χ3v) is 4.18. The zero-order chi connectivity index (χ0) is 12.3. The van der Waals surface area contributed by atoms with Crippen molar-refractivity contribution in [3.8, 4) is 0 Å². The Balaban J connectivity index is 2.11. The van der Waals surface area contributed by atoms with Gasteiger partial charge in [0.05, 0.1) is 16.6 Å². The molecule has 0 aromatic heterocycles. The fraction of sp³-hybridized carbons (Fsp3) is 0.0769. The van der Waals surface area contributed by atoms with Crippen molar-refractivity contribution in [3.05, 3.63) is 64.1 Å². The Morgan fingerprint density at radius 2 is 1.29 bits per heavy atom. The van der Waals surface area contributed by atoms with Gasteiger partial charge in [-0.2, -0.15) is 0 Å². The van der Waals surface area contributed by atoms with E-state index >= 15 is 0 Å². The summed E-state index contributed by atoms with van der Waals surface area (Å²) in [6.45, 7) is 0. The minimum atomic E-state index is -1.05. The van der Waals surface area contributed by atoms with Gasteiger partial charge in [-0.3, -0.25) is 4.21 Å². The van der Waals surface area contributed by atoms with Gasteiger partial charge in [0, 0.05) is 14.9 Å². The molecule has 2 aromatic rings. The first-order chi connectivity index (χ1) is 8.15. The lowest BCUT2D eigenvalue weighted by Crippen LogP contribution is -1.95. The molecular formula is C13H10Cl2OS. The largest absolute Gasteiger partial charge is 0.254 e. The highest BCUT2D eigenvalue weighted by molar-refractivity contribution is 7.84. The Kier molecular flexibility index (Phi) is 4.21. The Bertz CT molecular complexity index is 520. The maximum atomic E-state index is 12.0. The summed E-state index contributed by atoms with van der Waals surface area (Å²) in [4.78, 5) is 0.782. The van der Waals surface area contributed by atoms with Crippen LogP contribution in [0.15, 0.2) is 53.4 Å². The van der Waals surface area contributed by atoms with Crippen LogP contribution in [-0.4, -0.2) is 4.21 Å². The summed E-state index contributed by atoms with van der Waals surface area (Å²) in [5.41, 5.74) is 1.00. The van der Waals surface area contributed by atoms with Crippen molar-refractivity contribution >= 4 is 34.0 Å². The molecule has 0 aliphatic carbocycles. The van der Waals surface area contributed by atoms with Gasteiger partial charge >= 0.3 is 0 Å². The van der Waals surface area contributed by atoms with Gasteiger partial charge in [-0.25, -0.2) is 0 Å². The van der Waals surface area contributed by atoms with Gasteiger partial charge in [0.15, 0.2) is 0 Å². The van der Waals surface area contributed by atoms with E-state index in [4.69, 9.17) is 23.2 Å². The molecule has 17 heavy (non-hydrogen) atoms. The number of benzene rings is 2. The zero-order valence-electron chi connectivity index (χ0n) is 8.90. The summed E-state index contributed by atoms with van der Waals surface area (Å²) in [7, 11) is -1.05. The summed E-state index contributed by atoms with van der Waals surface area (Å²) < 4.78 is 12.0. The molecule has 0 radical (unpaired) electrons. The van der Waals surface area contributed by atoms with E-state index in [9.17, 15) is 4.21 Å². The van der Waals surface area contributed by atoms with Gasteiger partial charge < -0.3 is 0 Å². The molecule has 0 aliphatic rings. The first-order valence-corrected chi connectivity index (χ1v) is 7.11. The second-order valence-electron chi connectivity index (χ2n) is 3.57. The molecule has 0 fully saturated rings. The number of hydrogen-bond acceptors (Lipinski definition) is 1. The van der Waals surface area contributed by atoms with E-state index in [1.54, 1.807) is 36.4 Å². The molecule has 0 heterocycles. The van der Waals surface area contributed by atoms with Crippen LogP contribution in [0.25, 0.3) is 0 Å². The number of hydrogen-bond donors (Lipinski definition) is 0. The van der Waals surface area contributed by atoms with Gasteiger partial charge in [-0.15, -0.1) is 0 Å². The van der Waals surface area contributed by atoms with E-state index in [-0.39, 0.29) is 0 Å². The fourth-order valence-electron chi connectivity index (χ4n) is 1.40. The molecule has 0 amide bonds. The van der Waals surface area contributed by atoms with Crippen molar-refractivity contribution < 1.29 is 4.21 Å². The van der Waals surface area contributed by atoms with Crippen LogP contribution in [0.5, 0.6) is 0 Å². The number of rotatable bonds is 3. The van der Waals surface area contributed by atoms with Crippen molar-refractivity contribution in [2.45, 2.75) is 10.6 Å². The Morgan fingerprint density at radius 1 is 0.824 bits per heavy atom. The molecule has 0 N–H and O–H groups in total. The van der Waals surface area contributed by atoms with E-state index in [0.717, 1.165) is 10.5 Å². The maximum Gasteiger partial charge on any atom is 0.0574 e. The van der Waals surface area contributed by atoms with E-state index < -0.39 is 10.8 Å². The lowest BCUT2D eigenvalue weighted by atomic mass is 10.2. The monoisotopic (exact) mass is 284 g/mol. The Morgan fingerprint density at radius 3 is 1.82 bits per heavy atom. The third-order valence-electron chi connectivity index (χ3n) is 2.29. The molecule has 0 spiro atoms. The molecule has 88 valence electrons. The van der Waals surface area contributed by atoms with E-state index in [1.807, 2.05) is 12.1 Å². The van der Waals surface area contributed by atoms with Crippen LogP contribution < -0.4 is 0 Å². The minimum absolute atomic E-state index is 0.485. The highest BCUT2D eigenvalue weighted by Crippen LogP contribution is 2.17. The second-order valence-corrected chi connectivity index (χ2v) is 5.89. The molecule has 2 aromatic carbocycles. The molecule has 1 unspecified atom stereocenters. The molecule has 0 saturated carbocycles. The lowest BCUT2D eigenvalue weighted by molar-refractivity contribution is 0.682. The standard InChI is InChI=1S/C13H10Cl2OS/c14-11-3-1-10(2-4-11)9-17(16)13-7-5-12(15)6-8-13/h1-8H,9H2. The second kappa shape index (κ2) is 5.67. The molecule has 1 nitrogen and oxygen atoms in total. The first-order valence-electron chi connectivity index (χ1n) is 5.03. The smallest absolute Gasteiger partial charge is 0.0574 e. The molecular weight excluding hydrogens is 275 g/mol. The predicted molar refractivity (Wildman–Crippen MR) is 73.0 cm³/mol. The van der Waals surface area contributed by atoms with E-state index in [2.05, 4.69) is 0 Å². The molecule has 4 heteroatoms. The highest BCUT2D eigenvalue weighted by atomic mass is 35.5. The Labute approximate surface area is 113 Å². The third kappa shape index (κ3) is 3.56. The van der Waals surface area contributed by atoms with Crippen LogP contribution in [-0.2, 0) is 16.6 Å². The Hall–Kier alpha value is -0.830. The van der Waals surface area contributed by atoms with Crippen molar-refractivity contribution in [3.63, 3.8) is 0 Å². The van der Waals surface area contributed by atoms with Crippen molar-refractivity contribution in [2.75, 3.05) is 0 Å². The van der Waals surface area contributed by atoms with Gasteiger partial charge in [-0.05, 0) is 42.0 Å². The van der Waals surface area contributed by atoms with Gasteiger partial charge in [0.1, 0.15) is 0 Å².